The summed E-state index contributed by atoms with van der Waals surface area (Å²) in [6.07, 6.45) is 1.91. The number of carboxylic acid groups (broad SMARTS) is 1. The molecule has 106 valence electrons. The van der Waals surface area contributed by atoms with Crippen LogP contribution in [0.2, 0.25) is 0 Å². The number of hydrogen-bond acceptors (Lipinski definition) is 3. The standard InChI is InChI=1S/C15H22O4/c1-10(7-15(16)17)5-6-12-9-14(19-4)13(18-3)8-11(12)2/h8-10H,5-7H2,1-4H3,(H,16,17). The predicted molar refractivity (Wildman–Crippen MR) is 74.0 cm³/mol. The number of aryl methyl sites for hydroxylation is 2. The van der Waals surface area contributed by atoms with Crippen molar-refractivity contribution < 1.29 is 19.4 Å². The Kier molecular flexibility index (Phi) is 5.67. The summed E-state index contributed by atoms with van der Waals surface area (Å²) >= 11 is 0. The Bertz CT molecular complexity index is 440. The number of ether oxygens (including phenoxy) is 2. The Balaban J connectivity index is 2.75. The highest BCUT2D eigenvalue weighted by Gasteiger charge is 2.11. The molecule has 1 aromatic carbocycles. The maximum absolute atomic E-state index is 10.6. The third kappa shape index (κ3) is 4.47. The number of methoxy groups -OCH3 is 2. The van der Waals surface area contributed by atoms with Crippen LogP contribution in [0.4, 0.5) is 0 Å². The van der Waals surface area contributed by atoms with Gasteiger partial charge >= 0.3 is 5.97 Å². The Hall–Kier alpha value is -1.71. The van der Waals surface area contributed by atoms with E-state index in [4.69, 9.17) is 14.6 Å². The van der Waals surface area contributed by atoms with Crippen LogP contribution in [0.1, 0.15) is 30.9 Å². The lowest BCUT2D eigenvalue weighted by atomic mass is 9.95. The number of aliphatic carboxylic acids is 1. The van der Waals surface area contributed by atoms with Gasteiger partial charge in [-0.1, -0.05) is 6.92 Å². The zero-order valence-electron chi connectivity index (χ0n) is 12.0. The van der Waals surface area contributed by atoms with Gasteiger partial charge in [0.2, 0.25) is 0 Å². The van der Waals surface area contributed by atoms with E-state index >= 15 is 0 Å². The average Bonchev–Trinajstić information content (AvgIpc) is 2.36. The first-order chi connectivity index (χ1) is 8.97. The van der Waals surface area contributed by atoms with Crippen molar-refractivity contribution in [2.24, 2.45) is 5.92 Å². The molecule has 0 saturated heterocycles. The van der Waals surface area contributed by atoms with E-state index in [1.54, 1.807) is 14.2 Å². The lowest BCUT2D eigenvalue weighted by Crippen LogP contribution is -2.06. The minimum absolute atomic E-state index is 0.171. The number of carbonyl (C=O) groups is 1. The van der Waals surface area contributed by atoms with Gasteiger partial charge in [-0.2, -0.15) is 0 Å². The van der Waals surface area contributed by atoms with E-state index in [0.29, 0.717) is 5.75 Å². The van der Waals surface area contributed by atoms with Gasteiger partial charge < -0.3 is 14.6 Å². The van der Waals surface area contributed by atoms with Crippen LogP contribution in [-0.2, 0) is 11.2 Å². The van der Waals surface area contributed by atoms with Crippen molar-refractivity contribution >= 4 is 5.97 Å². The quantitative estimate of drug-likeness (QED) is 0.824. The number of hydrogen-bond donors (Lipinski definition) is 1. The Morgan fingerprint density at radius 1 is 1.26 bits per heavy atom. The molecule has 0 aliphatic rings. The molecule has 0 radical (unpaired) electrons. The monoisotopic (exact) mass is 266 g/mol. The van der Waals surface area contributed by atoms with Crippen molar-refractivity contribution in [1.29, 1.82) is 0 Å². The highest BCUT2D eigenvalue weighted by molar-refractivity contribution is 5.66. The first-order valence-electron chi connectivity index (χ1n) is 6.41. The SMILES string of the molecule is COc1cc(C)c(CCC(C)CC(=O)O)cc1OC. The van der Waals surface area contributed by atoms with E-state index in [0.717, 1.165) is 24.2 Å². The van der Waals surface area contributed by atoms with Gasteiger partial charge in [0.25, 0.3) is 0 Å². The molecule has 19 heavy (non-hydrogen) atoms. The van der Waals surface area contributed by atoms with Crippen LogP contribution in [0, 0.1) is 12.8 Å². The molecule has 0 aliphatic carbocycles. The Morgan fingerprint density at radius 2 is 1.84 bits per heavy atom. The fraction of sp³-hybridized carbons (Fsp3) is 0.533. The molecule has 1 N–H and O–H groups in total. The van der Waals surface area contributed by atoms with Crippen molar-refractivity contribution in [1.82, 2.24) is 0 Å². The van der Waals surface area contributed by atoms with E-state index in [2.05, 4.69) is 0 Å². The molecule has 0 aliphatic heterocycles. The maximum atomic E-state index is 10.6. The van der Waals surface area contributed by atoms with Crippen molar-refractivity contribution in [3.63, 3.8) is 0 Å². The molecule has 4 heteroatoms. The summed E-state index contributed by atoms with van der Waals surface area (Å²) in [5, 5.41) is 8.75. The number of benzene rings is 1. The first kappa shape index (κ1) is 15.3. The molecule has 1 rings (SSSR count). The Labute approximate surface area is 114 Å². The lowest BCUT2D eigenvalue weighted by Gasteiger charge is -2.14. The van der Waals surface area contributed by atoms with E-state index in [9.17, 15) is 4.79 Å². The lowest BCUT2D eigenvalue weighted by molar-refractivity contribution is -0.138. The zero-order valence-corrected chi connectivity index (χ0v) is 12.0. The van der Waals surface area contributed by atoms with Gasteiger partial charge in [0.05, 0.1) is 14.2 Å². The van der Waals surface area contributed by atoms with Crippen molar-refractivity contribution in [3.05, 3.63) is 23.3 Å². The summed E-state index contributed by atoms with van der Waals surface area (Å²) in [6.45, 7) is 3.99. The molecular formula is C15H22O4. The second-order valence-corrected chi connectivity index (χ2v) is 4.88. The van der Waals surface area contributed by atoms with Crippen LogP contribution < -0.4 is 9.47 Å². The fourth-order valence-corrected chi connectivity index (χ4v) is 2.09. The molecule has 0 aromatic heterocycles. The van der Waals surface area contributed by atoms with E-state index in [1.165, 1.54) is 5.56 Å². The van der Waals surface area contributed by atoms with Crippen LogP contribution in [0.15, 0.2) is 12.1 Å². The second kappa shape index (κ2) is 7.02. The molecule has 1 atom stereocenters. The highest BCUT2D eigenvalue weighted by atomic mass is 16.5. The van der Waals surface area contributed by atoms with Gasteiger partial charge in [-0.25, -0.2) is 0 Å². The molecule has 0 saturated carbocycles. The molecule has 4 nitrogen and oxygen atoms in total. The third-order valence-corrected chi connectivity index (χ3v) is 3.27. The van der Waals surface area contributed by atoms with Crippen LogP contribution >= 0.6 is 0 Å². The van der Waals surface area contributed by atoms with Gasteiger partial charge in [-0.15, -0.1) is 0 Å². The van der Waals surface area contributed by atoms with Crippen molar-refractivity contribution in [2.75, 3.05) is 14.2 Å². The maximum Gasteiger partial charge on any atom is 0.303 e. The van der Waals surface area contributed by atoms with Crippen molar-refractivity contribution in [3.8, 4) is 11.5 Å². The van der Waals surface area contributed by atoms with Gasteiger partial charge in [0.15, 0.2) is 11.5 Å². The smallest absolute Gasteiger partial charge is 0.303 e. The topological polar surface area (TPSA) is 55.8 Å². The molecule has 1 aromatic rings. The molecule has 1 unspecified atom stereocenters. The minimum Gasteiger partial charge on any atom is -0.493 e. The molecule has 0 heterocycles. The third-order valence-electron chi connectivity index (χ3n) is 3.27. The van der Waals surface area contributed by atoms with Gasteiger partial charge in [0.1, 0.15) is 0 Å². The number of rotatable bonds is 7. The summed E-state index contributed by atoms with van der Waals surface area (Å²) in [7, 11) is 3.23. The summed E-state index contributed by atoms with van der Waals surface area (Å²) in [6, 6.07) is 3.93. The van der Waals surface area contributed by atoms with E-state index < -0.39 is 5.97 Å². The first-order valence-corrected chi connectivity index (χ1v) is 6.41. The molecule has 0 fully saturated rings. The summed E-state index contributed by atoms with van der Waals surface area (Å²) < 4.78 is 10.5. The average molecular weight is 266 g/mol. The molecular weight excluding hydrogens is 244 g/mol. The fourth-order valence-electron chi connectivity index (χ4n) is 2.09. The predicted octanol–water partition coefficient (Wildman–Crippen LogP) is 3.06. The highest BCUT2D eigenvalue weighted by Crippen LogP contribution is 2.31. The molecule has 0 spiro atoms. The Morgan fingerprint density at radius 3 is 2.37 bits per heavy atom. The minimum atomic E-state index is -0.739. The van der Waals surface area contributed by atoms with E-state index in [1.807, 2.05) is 26.0 Å². The number of carboxylic acids is 1. The molecule has 0 amide bonds. The normalized spacial score (nSPS) is 12.0. The van der Waals surface area contributed by atoms with Gasteiger partial charge in [0, 0.05) is 6.42 Å². The zero-order chi connectivity index (χ0) is 14.4. The van der Waals surface area contributed by atoms with Gasteiger partial charge in [-0.05, 0) is 48.9 Å². The van der Waals surface area contributed by atoms with Crippen LogP contribution in [-0.4, -0.2) is 25.3 Å². The second-order valence-electron chi connectivity index (χ2n) is 4.88. The van der Waals surface area contributed by atoms with Gasteiger partial charge in [-0.3, -0.25) is 4.79 Å². The molecule has 0 bridgehead atoms. The largest absolute Gasteiger partial charge is 0.493 e. The van der Waals surface area contributed by atoms with Crippen LogP contribution in [0.3, 0.4) is 0 Å². The van der Waals surface area contributed by atoms with Crippen LogP contribution in [0.25, 0.3) is 0 Å². The summed E-state index contributed by atoms with van der Waals surface area (Å²) in [4.78, 5) is 10.6. The van der Waals surface area contributed by atoms with E-state index in [-0.39, 0.29) is 12.3 Å². The summed E-state index contributed by atoms with van der Waals surface area (Å²) in [5.74, 6) is 0.873. The summed E-state index contributed by atoms with van der Waals surface area (Å²) in [5.41, 5.74) is 2.31. The van der Waals surface area contributed by atoms with Crippen LogP contribution in [0.5, 0.6) is 11.5 Å². The van der Waals surface area contributed by atoms with Crippen molar-refractivity contribution in [2.45, 2.75) is 33.1 Å².